The first-order chi connectivity index (χ1) is 10.1. The molecule has 4 aromatic rings. The standard InChI is InChI=1S/C16H10O4S/c17-21(18,15-9-11-5-1-3-7-13(11)19-15)16-10-12-6-2-4-8-14(12)20-16/h1-10H. The molecule has 5 heteroatoms. The Morgan fingerprint density at radius 3 is 1.52 bits per heavy atom. The van der Waals surface area contributed by atoms with Crippen molar-refractivity contribution in [2.75, 3.05) is 0 Å². The fourth-order valence-electron chi connectivity index (χ4n) is 2.28. The number of rotatable bonds is 2. The van der Waals surface area contributed by atoms with Crippen LogP contribution in [0.1, 0.15) is 0 Å². The molecule has 2 heterocycles. The van der Waals surface area contributed by atoms with Crippen LogP contribution in [0.3, 0.4) is 0 Å². The first-order valence-electron chi connectivity index (χ1n) is 6.37. The SMILES string of the molecule is O=S(=O)(c1cc2ccccc2o1)c1cc2ccccc2o1. The molecule has 0 atom stereocenters. The van der Waals surface area contributed by atoms with Gasteiger partial charge in [-0.05, 0) is 12.1 Å². The summed E-state index contributed by atoms with van der Waals surface area (Å²) >= 11 is 0. The molecule has 4 nitrogen and oxygen atoms in total. The van der Waals surface area contributed by atoms with Crippen LogP contribution < -0.4 is 0 Å². The minimum Gasteiger partial charge on any atom is -0.444 e. The van der Waals surface area contributed by atoms with Crippen molar-refractivity contribution in [2.24, 2.45) is 0 Å². The third-order valence-electron chi connectivity index (χ3n) is 3.34. The lowest BCUT2D eigenvalue weighted by atomic mass is 10.3. The van der Waals surface area contributed by atoms with Crippen molar-refractivity contribution >= 4 is 31.8 Å². The lowest BCUT2D eigenvalue weighted by Crippen LogP contribution is -1.98. The van der Waals surface area contributed by atoms with Crippen LogP contribution in [0.25, 0.3) is 21.9 Å². The Morgan fingerprint density at radius 2 is 1.10 bits per heavy atom. The lowest BCUT2D eigenvalue weighted by molar-refractivity contribution is 0.447. The summed E-state index contributed by atoms with van der Waals surface area (Å²) in [5.41, 5.74) is 1.07. The van der Waals surface area contributed by atoms with Crippen LogP contribution in [0.5, 0.6) is 0 Å². The van der Waals surface area contributed by atoms with Gasteiger partial charge in [-0.3, -0.25) is 0 Å². The van der Waals surface area contributed by atoms with E-state index in [1.54, 1.807) is 36.4 Å². The van der Waals surface area contributed by atoms with Crippen LogP contribution in [-0.4, -0.2) is 8.42 Å². The van der Waals surface area contributed by atoms with Gasteiger partial charge in [0.05, 0.1) is 0 Å². The van der Waals surface area contributed by atoms with E-state index < -0.39 is 9.84 Å². The summed E-state index contributed by atoms with van der Waals surface area (Å²) in [7, 11) is -3.80. The van der Waals surface area contributed by atoms with Gasteiger partial charge < -0.3 is 8.83 Å². The minimum absolute atomic E-state index is 0.109. The Morgan fingerprint density at radius 1 is 0.667 bits per heavy atom. The van der Waals surface area contributed by atoms with Crippen molar-refractivity contribution in [3.05, 3.63) is 60.7 Å². The Bertz CT molecular complexity index is 908. The maximum atomic E-state index is 12.6. The number of hydrogen-bond donors (Lipinski definition) is 0. The fraction of sp³-hybridized carbons (Fsp3) is 0. The summed E-state index contributed by atoms with van der Waals surface area (Å²) in [5, 5.41) is 1.27. The molecule has 0 saturated carbocycles. The van der Waals surface area contributed by atoms with Crippen molar-refractivity contribution in [1.29, 1.82) is 0 Å². The molecule has 0 N–H and O–H groups in total. The normalized spacial score (nSPS) is 12.2. The lowest BCUT2D eigenvalue weighted by Gasteiger charge is -1.94. The van der Waals surface area contributed by atoms with Crippen molar-refractivity contribution < 1.29 is 17.3 Å². The molecular formula is C16H10O4S. The predicted molar refractivity (Wildman–Crippen MR) is 77.9 cm³/mol. The number of furan rings is 2. The van der Waals surface area contributed by atoms with Crippen molar-refractivity contribution in [1.82, 2.24) is 0 Å². The average molecular weight is 298 g/mol. The Labute approximate surface area is 120 Å². The second kappa shape index (κ2) is 4.23. The van der Waals surface area contributed by atoms with Gasteiger partial charge in [-0.15, -0.1) is 0 Å². The van der Waals surface area contributed by atoms with E-state index in [1.807, 2.05) is 12.1 Å². The van der Waals surface area contributed by atoms with Gasteiger partial charge in [-0.1, -0.05) is 36.4 Å². The molecule has 0 bridgehead atoms. The number of hydrogen-bond acceptors (Lipinski definition) is 4. The maximum absolute atomic E-state index is 12.6. The highest BCUT2D eigenvalue weighted by Crippen LogP contribution is 2.30. The summed E-state index contributed by atoms with van der Waals surface area (Å²) in [6.45, 7) is 0. The molecule has 0 saturated heterocycles. The molecule has 21 heavy (non-hydrogen) atoms. The zero-order valence-electron chi connectivity index (χ0n) is 10.8. The maximum Gasteiger partial charge on any atom is 0.272 e. The first-order valence-corrected chi connectivity index (χ1v) is 7.85. The molecule has 2 aromatic heterocycles. The fourth-order valence-corrected chi connectivity index (χ4v) is 3.44. The van der Waals surface area contributed by atoms with Gasteiger partial charge in [0.25, 0.3) is 9.84 Å². The second-order valence-corrected chi connectivity index (χ2v) is 6.52. The number of sulfone groups is 1. The summed E-state index contributed by atoms with van der Waals surface area (Å²) in [4.78, 5) is 0. The van der Waals surface area contributed by atoms with Gasteiger partial charge in [0.2, 0.25) is 10.2 Å². The van der Waals surface area contributed by atoms with E-state index in [1.165, 1.54) is 12.1 Å². The van der Waals surface area contributed by atoms with E-state index in [4.69, 9.17) is 8.83 Å². The van der Waals surface area contributed by atoms with Crippen molar-refractivity contribution in [3.8, 4) is 0 Å². The van der Waals surface area contributed by atoms with Crippen LogP contribution in [0.2, 0.25) is 0 Å². The molecule has 4 rings (SSSR count). The second-order valence-electron chi connectivity index (χ2n) is 4.71. The quantitative estimate of drug-likeness (QED) is 0.561. The van der Waals surface area contributed by atoms with Crippen LogP contribution in [-0.2, 0) is 9.84 Å². The van der Waals surface area contributed by atoms with E-state index in [0.29, 0.717) is 11.2 Å². The van der Waals surface area contributed by atoms with Crippen LogP contribution in [0.4, 0.5) is 0 Å². The smallest absolute Gasteiger partial charge is 0.272 e. The molecule has 0 aliphatic rings. The third-order valence-corrected chi connectivity index (χ3v) is 4.80. The summed E-state index contributed by atoms with van der Waals surface area (Å²) < 4.78 is 36.0. The van der Waals surface area contributed by atoms with E-state index in [9.17, 15) is 8.42 Å². The molecule has 0 unspecified atom stereocenters. The van der Waals surface area contributed by atoms with Gasteiger partial charge in [-0.25, -0.2) is 8.42 Å². The van der Waals surface area contributed by atoms with E-state index in [-0.39, 0.29) is 10.2 Å². The molecule has 0 aliphatic heterocycles. The monoisotopic (exact) mass is 298 g/mol. The van der Waals surface area contributed by atoms with Gasteiger partial charge in [0.15, 0.2) is 0 Å². The predicted octanol–water partition coefficient (Wildman–Crippen LogP) is 4.01. The molecule has 2 aromatic carbocycles. The summed E-state index contributed by atoms with van der Waals surface area (Å²) in [6.07, 6.45) is 0. The van der Waals surface area contributed by atoms with E-state index in [0.717, 1.165) is 10.8 Å². The van der Waals surface area contributed by atoms with Crippen molar-refractivity contribution in [2.45, 2.75) is 10.2 Å². The Hall–Kier alpha value is -2.53. The zero-order valence-corrected chi connectivity index (χ0v) is 11.6. The minimum atomic E-state index is -3.80. The molecule has 0 radical (unpaired) electrons. The highest BCUT2D eigenvalue weighted by molar-refractivity contribution is 7.91. The van der Waals surface area contributed by atoms with Gasteiger partial charge >= 0.3 is 0 Å². The largest absolute Gasteiger partial charge is 0.444 e. The third kappa shape index (κ3) is 1.86. The topological polar surface area (TPSA) is 60.4 Å². The van der Waals surface area contributed by atoms with E-state index in [2.05, 4.69) is 0 Å². The van der Waals surface area contributed by atoms with Gasteiger partial charge in [0.1, 0.15) is 11.2 Å². The van der Waals surface area contributed by atoms with Crippen LogP contribution in [0, 0.1) is 0 Å². The molecular weight excluding hydrogens is 288 g/mol. The van der Waals surface area contributed by atoms with Gasteiger partial charge in [0, 0.05) is 22.9 Å². The highest BCUT2D eigenvalue weighted by Gasteiger charge is 2.26. The zero-order chi connectivity index (χ0) is 14.4. The van der Waals surface area contributed by atoms with Crippen LogP contribution in [0.15, 0.2) is 79.7 Å². The number of para-hydroxylation sites is 2. The number of benzene rings is 2. The van der Waals surface area contributed by atoms with Crippen LogP contribution >= 0.6 is 0 Å². The molecule has 0 spiro atoms. The first kappa shape index (κ1) is 12.2. The molecule has 0 fully saturated rings. The molecule has 104 valence electrons. The Balaban J connectivity index is 1.92. The Kier molecular flexibility index (Phi) is 2.46. The number of fused-ring (bicyclic) bond motifs is 2. The van der Waals surface area contributed by atoms with E-state index >= 15 is 0 Å². The van der Waals surface area contributed by atoms with Crippen molar-refractivity contribution in [3.63, 3.8) is 0 Å². The van der Waals surface area contributed by atoms with Gasteiger partial charge in [-0.2, -0.15) is 0 Å². The summed E-state index contributed by atoms with van der Waals surface area (Å²) in [6, 6.07) is 17.3. The summed E-state index contributed by atoms with van der Waals surface area (Å²) in [5.74, 6) is 0. The molecule has 0 aliphatic carbocycles. The molecule has 0 amide bonds. The average Bonchev–Trinajstić information content (AvgIpc) is 3.11. The highest BCUT2D eigenvalue weighted by atomic mass is 32.2.